The normalized spacial score (nSPS) is 1.50. The molecule has 0 aromatic carbocycles. The molecule has 0 amide bonds. The first-order valence-corrected chi connectivity index (χ1v) is 11.0. The summed E-state index contributed by atoms with van der Waals surface area (Å²) in [5.74, 6) is 0. The molecule has 0 N–H and O–H groups in total. The van der Waals surface area contributed by atoms with Crippen molar-refractivity contribution in [3.05, 3.63) is 0 Å². The molecule has 0 heterocycles. The summed E-state index contributed by atoms with van der Waals surface area (Å²) < 4.78 is 0. The molecule has 0 nitrogen and oxygen atoms in total. The molecule has 0 atom stereocenters. The summed E-state index contributed by atoms with van der Waals surface area (Å²) in [6.45, 7) is 0. The van der Waals surface area contributed by atoms with Gasteiger partial charge in [-0.25, -0.2) is 0 Å². The zero-order chi connectivity index (χ0) is 2.00. The SMILES string of the molecule is [AlH2][Zn].[AlH3].[MgH2]. The van der Waals surface area contributed by atoms with Crippen molar-refractivity contribution in [2.75, 3.05) is 0 Å². The van der Waals surface area contributed by atoms with Crippen molar-refractivity contribution in [1.82, 2.24) is 0 Å². The molecule has 0 spiro atoms. The van der Waals surface area contributed by atoms with Gasteiger partial charge in [0.1, 0.15) is 0 Å². The van der Waals surface area contributed by atoms with E-state index in [2.05, 4.69) is 0 Å². The predicted octanol–water partition coefficient (Wildman–Crippen LogP) is -3.02. The fourth-order valence-electron chi connectivity index (χ4n) is 0. The maximum atomic E-state index is 1.51. The zero-order valence-electron chi connectivity index (χ0n) is 1.71. The molecule has 0 aliphatic carbocycles. The molecule has 4 heteroatoms. The Kier molecular flexibility index (Phi) is 72.3. The minimum absolute atomic E-state index is 0. The molecular formula is H7Al2MgZn. The van der Waals surface area contributed by atoms with Crippen LogP contribution in [-0.2, 0) is 16.3 Å². The second-order valence-corrected chi connectivity index (χ2v) is 0. The van der Waals surface area contributed by atoms with Gasteiger partial charge in [0.25, 0.3) is 0 Å². The molecule has 0 aliphatic heterocycles. The molecular weight excluding hydrogens is 144 g/mol. The van der Waals surface area contributed by atoms with Crippen LogP contribution in [0.1, 0.15) is 0 Å². The van der Waals surface area contributed by atoms with Gasteiger partial charge in [0, 0.05) is 0 Å². The predicted molar refractivity (Wildman–Crippen MR) is 27.0 cm³/mol. The topological polar surface area (TPSA) is 0 Å². The van der Waals surface area contributed by atoms with Crippen molar-refractivity contribution in [1.29, 1.82) is 0 Å². The van der Waals surface area contributed by atoms with Gasteiger partial charge < -0.3 is 0 Å². The summed E-state index contributed by atoms with van der Waals surface area (Å²) in [5, 5.41) is 0. The Bertz CT molecular complexity index is 6.00. The maximum Gasteiger partial charge on any atom is 0.316 e. The van der Waals surface area contributed by atoms with E-state index in [4.69, 9.17) is 0 Å². The molecule has 17 valence electrons. The van der Waals surface area contributed by atoms with Crippen LogP contribution in [0.2, 0.25) is 0 Å². The third-order valence-corrected chi connectivity index (χ3v) is 0. The summed E-state index contributed by atoms with van der Waals surface area (Å²) in [7, 11) is 0. The average Bonchev–Trinajstić information content (AvgIpc) is 1.00. The summed E-state index contributed by atoms with van der Waals surface area (Å²) in [6, 6.07) is 0. The van der Waals surface area contributed by atoms with Crippen molar-refractivity contribution in [2.45, 2.75) is 0 Å². The monoisotopic (exact) mass is 149 g/mol. The van der Waals surface area contributed by atoms with E-state index in [0.29, 0.717) is 0 Å². The zero-order valence-corrected chi connectivity index (χ0v) is 6.67. The fourth-order valence-corrected chi connectivity index (χ4v) is 0. The third kappa shape index (κ3) is 8.82. The van der Waals surface area contributed by atoms with Crippen molar-refractivity contribution >= 4 is 54.4 Å². The molecule has 0 radical (unpaired) electrons. The van der Waals surface area contributed by atoms with E-state index < -0.39 is 0 Å². The smallest absolute Gasteiger partial charge is 0.187 e. The van der Waals surface area contributed by atoms with Crippen LogP contribution in [0, 0.1) is 0 Å². The van der Waals surface area contributed by atoms with Crippen molar-refractivity contribution in [3.63, 3.8) is 0 Å². The van der Waals surface area contributed by atoms with E-state index in [1.807, 2.05) is 0 Å². The molecule has 0 bridgehead atoms. The summed E-state index contributed by atoms with van der Waals surface area (Å²) in [6.07, 6.45) is 0. The van der Waals surface area contributed by atoms with Gasteiger partial charge in [-0.15, -0.1) is 0 Å². The third-order valence-electron chi connectivity index (χ3n) is 0. The van der Waals surface area contributed by atoms with Gasteiger partial charge in [-0.2, -0.15) is 0 Å². The van der Waals surface area contributed by atoms with Crippen LogP contribution in [-0.4, -0.2) is 54.4 Å². The van der Waals surface area contributed by atoms with E-state index in [0.717, 1.165) is 0 Å². The van der Waals surface area contributed by atoms with Crippen LogP contribution in [0.15, 0.2) is 0 Å². The number of hydrogen-bond donors (Lipinski definition) is 0. The van der Waals surface area contributed by atoms with Crippen LogP contribution in [0.3, 0.4) is 0 Å². The Balaban J connectivity index is -0.00000000500. The average molecular weight is 151 g/mol. The molecule has 4 heavy (non-hydrogen) atoms. The van der Waals surface area contributed by atoms with Crippen LogP contribution < -0.4 is 0 Å². The first-order chi connectivity index (χ1) is 1.00. The van der Waals surface area contributed by atoms with Crippen molar-refractivity contribution in [2.24, 2.45) is 0 Å². The minimum atomic E-state index is 0. The second kappa shape index (κ2) is 18.0. The molecule has 0 rings (SSSR count). The Morgan fingerprint density at radius 2 is 1.25 bits per heavy atom. The van der Waals surface area contributed by atoms with Crippen LogP contribution in [0.5, 0.6) is 0 Å². The van der Waals surface area contributed by atoms with Crippen LogP contribution >= 0.6 is 0 Å². The maximum absolute atomic E-state index is 1.51. The van der Waals surface area contributed by atoms with Crippen molar-refractivity contribution in [3.8, 4) is 0 Å². The first kappa shape index (κ1) is 16.1. The molecule has 0 saturated carbocycles. The van der Waals surface area contributed by atoms with Crippen LogP contribution in [0.25, 0.3) is 0 Å². The van der Waals surface area contributed by atoms with Gasteiger partial charge in [-0.1, -0.05) is 0 Å². The van der Waals surface area contributed by atoms with E-state index in [9.17, 15) is 0 Å². The van der Waals surface area contributed by atoms with E-state index in [1.165, 1.54) is 30.2 Å². The Morgan fingerprint density at radius 1 is 1.25 bits per heavy atom. The first-order valence-electron chi connectivity index (χ1n) is 0.707. The van der Waals surface area contributed by atoms with Crippen LogP contribution in [0.4, 0.5) is 0 Å². The van der Waals surface area contributed by atoms with Gasteiger partial charge in [0.2, 0.25) is 0 Å². The molecule has 0 aromatic rings. The van der Waals surface area contributed by atoms with Gasteiger partial charge in [-0.3, -0.25) is 0 Å². The molecule has 0 fully saturated rings. The van der Waals surface area contributed by atoms with Gasteiger partial charge in [-0.05, 0) is 0 Å². The number of rotatable bonds is 0. The Morgan fingerprint density at radius 3 is 1.25 bits per heavy atom. The molecule has 0 unspecified atom stereocenters. The summed E-state index contributed by atoms with van der Waals surface area (Å²) in [5.41, 5.74) is 0. The number of hydrogen-bond acceptors (Lipinski definition) is 0. The summed E-state index contributed by atoms with van der Waals surface area (Å²) >= 11 is 2.94. The fraction of sp³-hybridized carbons (Fsp3) is 0. The van der Waals surface area contributed by atoms with Crippen molar-refractivity contribution < 1.29 is 16.3 Å². The van der Waals surface area contributed by atoms with Gasteiger partial charge in [0.15, 0.2) is 17.4 Å². The Labute approximate surface area is 69.6 Å². The van der Waals surface area contributed by atoms with E-state index in [-0.39, 0.29) is 40.4 Å². The van der Waals surface area contributed by atoms with E-state index in [1.54, 1.807) is 0 Å². The minimum Gasteiger partial charge on any atom is 0.187 e. The second-order valence-electron chi connectivity index (χ2n) is 0. The molecule has 0 aliphatic rings. The standard InChI is InChI=1S/2Al.Mg.Zn.7H. The largest absolute Gasteiger partial charge is 0.316 e. The van der Waals surface area contributed by atoms with E-state index >= 15 is 0 Å². The molecule has 0 saturated heterocycles. The summed E-state index contributed by atoms with van der Waals surface area (Å²) in [4.78, 5) is 0. The van der Waals surface area contributed by atoms with Gasteiger partial charge >= 0.3 is 53.3 Å². The van der Waals surface area contributed by atoms with Gasteiger partial charge in [0.05, 0.1) is 0 Å². The quantitative estimate of drug-likeness (QED) is 0.323. The Hall–Kier alpha value is 2.45. The molecule has 0 aromatic heterocycles.